The van der Waals surface area contributed by atoms with E-state index in [0.717, 1.165) is 16.5 Å². The SMILES string of the molecule is COc1cccc(C(=O)N2CCC[C@H]2C(=O)Nc2nnc(-c3cccc(Br)c3)s2)c1. The van der Waals surface area contributed by atoms with Gasteiger partial charge < -0.3 is 9.64 Å². The molecular formula is C21H19BrN4O3S. The van der Waals surface area contributed by atoms with Crippen LogP contribution in [0.15, 0.2) is 53.0 Å². The summed E-state index contributed by atoms with van der Waals surface area (Å²) in [6.07, 6.45) is 1.38. The fourth-order valence-electron chi connectivity index (χ4n) is 3.40. The standard InChI is InChI=1S/C21H19BrN4O3S/c1-29-16-8-3-6-14(12-16)20(28)26-10-4-9-17(26)18(27)23-21-25-24-19(30-21)13-5-2-7-15(22)11-13/h2-3,5-8,11-12,17H,4,9-10H2,1H3,(H,23,25,27)/t17-/m0/s1. The Morgan fingerprint density at radius 1 is 1.20 bits per heavy atom. The fraction of sp³-hybridized carbons (Fsp3) is 0.238. The summed E-state index contributed by atoms with van der Waals surface area (Å²) in [5.74, 6) is 0.175. The minimum atomic E-state index is -0.540. The van der Waals surface area contributed by atoms with Crippen LogP contribution in [-0.4, -0.2) is 46.6 Å². The van der Waals surface area contributed by atoms with Crippen LogP contribution in [0.2, 0.25) is 0 Å². The number of nitrogens with one attached hydrogen (secondary N) is 1. The van der Waals surface area contributed by atoms with Crippen LogP contribution in [0, 0.1) is 0 Å². The van der Waals surface area contributed by atoms with Gasteiger partial charge in [0, 0.05) is 22.1 Å². The first kappa shape index (κ1) is 20.5. The fourth-order valence-corrected chi connectivity index (χ4v) is 4.55. The molecule has 9 heteroatoms. The van der Waals surface area contributed by atoms with Crippen molar-refractivity contribution in [1.82, 2.24) is 15.1 Å². The summed E-state index contributed by atoms with van der Waals surface area (Å²) in [5.41, 5.74) is 1.42. The van der Waals surface area contributed by atoms with Gasteiger partial charge in [-0.05, 0) is 43.2 Å². The topological polar surface area (TPSA) is 84.4 Å². The molecule has 1 fully saturated rings. The molecule has 1 saturated heterocycles. The number of carbonyl (C=O) groups excluding carboxylic acids is 2. The minimum Gasteiger partial charge on any atom is -0.497 e. The molecule has 0 unspecified atom stereocenters. The van der Waals surface area contributed by atoms with Gasteiger partial charge in [0.1, 0.15) is 16.8 Å². The van der Waals surface area contributed by atoms with Crippen LogP contribution < -0.4 is 10.1 Å². The van der Waals surface area contributed by atoms with Gasteiger partial charge in [-0.1, -0.05) is 45.5 Å². The van der Waals surface area contributed by atoms with Gasteiger partial charge in [0.25, 0.3) is 5.91 Å². The van der Waals surface area contributed by atoms with Crippen molar-refractivity contribution < 1.29 is 14.3 Å². The molecule has 1 aliphatic heterocycles. The summed E-state index contributed by atoms with van der Waals surface area (Å²) in [6.45, 7) is 0.535. The lowest BCUT2D eigenvalue weighted by molar-refractivity contribution is -0.119. The molecule has 154 valence electrons. The highest BCUT2D eigenvalue weighted by Crippen LogP contribution is 2.29. The third-order valence-electron chi connectivity index (χ3n) is 4.86. The van der Waals surface area contributed by atoms with Crippen molar-refractivity contribution in [3.05, 3.63) is 58.6 Å². The van der Waals surface area contributed by atoms with Gasteiger partial charge in [-0.3, -0.25) is 14.9 Å². The zero-order valence-electron chi connectivity index (χ0n) is 16.2. The lowest BCUT2D eigenvalue weighted by atomic mass is 10.1. The van der Waals surface area contributed by atoms with Gasteiger partial charge in [-0.15, -0.1) is 10.2 Å². The molecule has 0 spiro atoms. The number of ether oxygens (including phenoxy) is 1. The van der Waals surface area contributed by atoms with Gasteiger partial charge in [-0.2, -0.15) is 0 Å². The van der Waals surface area contributed by atoms with Crippen molar-refractivity contribution in [2.75, 3.05) is 19.0 Å². The number of hydrogen-bond donors (Lipinski definition) is 1. The van der Waals surface area contributed by atoms with E-state index in [1.54, 1.807) is 36.3 Å². The largest absolute Gasteiger partial charge is 0.497 e. The van der Waals surface area contributed by atoms with Crippen molar-refractivity contribution in [3.63, 3.8) is 0 Å². The van der Waals surface area contributed by atoms with E-state index in [1.165, 1.54) is 11.3 Å². The maximum Gasteiger partial charge on any atom is 0.254 e. The Bertz CT molecular complexity index is 1090. The normalized spacial score (nSPS) is 15.8. The predicted octanol–water partition coefficient (Wildman–Crippen LogP) is 4.22. The number of aromatic nitrogens is 2. The second kappa shape index (κ2) is 8.93. The second-order valence-electron chi connectivity index (χ2n) is 6.80. The molecule has 2 aromatic carbocycles. The number of rotatable bonds is 5. The number of nitrogens with zero attached hydrogens (tertiary/aromatic N) is 3. The smallest absolute Gasteiger partial charge is 0.254 e. The zero-order chi connectivity index (χ0) is 21.1. The lowest BCUT2D eigenvalue weighted by Crippen LogP contribution is -2.43. The van der Waals surface area contributed by atoms with Gasteiger partial charge in [0.15, 0.2) is 0 Å². The maximum atomic E-state index is 13.0. The molecule has 3 aromatic rings. The van der Waals surface area contributed by atoms with E-state index in [1.807, 2.05) is 24.3 Å². The van der Waals surface area contributed by atoms with E-state index in [9.17, 15) is 9.59 Å². The zero-order valence-corrected chi connectivity index (χ0v) is 18.6. The van der Waals surface area contributed by atoms with Crippen molar-refractivity contribution in [1.29, 1.82) is 0 Å². The highest BCUT2D eigenvalue weighted by Gasteiger charge is 2.35. The second-order valence-corrected chi connectivity index (χ2v) is 8.69. The first-order valence-corrected chi connectivity index (χ1v) is 11.0. The summed E-state index contributed by atoms with van der Waals surface area (Å²) in [5, 5.41) is 12.2. The van der Waals surface area contributed by atoms with Crippen LogP contribution in [0.5, 0.6) is 5.75 Å². The quantitative estimate of drug-likeness (QED) is 0.583. The number of methoxy groups -OCH3 is 1. The van der Waals surface area contributed by atoms with E-state index >= 15 is 0 Å². The summed E-state index contributed by atoms with van der Waals surface area (Å²) < 4.78 is 6.14. The van der Waals surface area contributed by atoms with Crippen LogP contribution in [0.3, 0.4) is 0 Å². The Balaban J connectivity index is 1.47. The first-order valence-electron chi connectivity index (χ1n) is 9.40. The molecule has 0 saturated carbocycles. The van der Waals surface area contributed by atoms with Crippen molar-refractivity contribution in [2.24, 2.45) is 0 Å². The van der Waals surface area contributed by atoms with E-state index in [4.69, 9.17) is 4.74 Å². The van der Waals surface area contributed by atoms with E-state index in [-0.39, 0.29) is 11.8 Å². The number of hydrogen-bond acceptors (Lipinski definition) is 6. The van der Waals surface area contributed by atoms with Gasteiger partial charge in [-0.25, -0.2) is 0 Å². The maximum absolute atomic E-state index is 13.0. The Hall–Kier alpha value is -2.78. The van der Waals surface area contributed by atoms with Crippen LogP contribution in [0.4, 0.5) is 5.13 Å². The first-order chi connectivity index (χ1) is 14.5. The lowest BCUT2D eigenvalue weighted by Gasteiger charge is -2.23. The number of halogens is 1. The molecule has 1 aromatic heterocycles. The minimum absolute atomic E-state index is 0.182. The summed E-state index contributed by atoms with van der Waals surface area (Å²) in [6, 6.07) is 14.1. The van der Waals surface area contributed by atoms with Crippen LogP contribution in [0.1, 0.15) is 23.2 Å². The van der Waals surface area contributed by atoms with E-state index < -0.39 is 6.04 Å². The molecule has 30 heavy (non-hydrogen) atoms. The molecule has 1 N–H and O–H groups in total. The monoisotopic (exact) mass is 486 g/mol. The van der Waals surface area contributed by atoms with Gasteiger partial charge in [0.2, 0.25) is 11.0 Å². The molecule has 0 bridgehead atoms. The van der Waals surface area contributed by atoms with E-state index in [0.29, 0.717) is 34.4 Å². The third kappa shape index (κ3) is 4.36. The number of anilines is 1. The summed E-state index contributed by atoms with van der Waals surface area (Å²) in [4.78, 5) is 27.5. The summed E-state index contributed by atoms with van der Waals surface area (Å²) in [7, 11) is 1.56. The van der Waals surface area contributed by atoms with E-state index in [2.05, 4.69) is 31.4 Å². The van der Waals surface area contributed by atoms with Crippen molar-refractivity contribution in [2.45, 2.75) is 18.9 Å². The number of benzene rings is 2. The molecule has 7 nitrogen and oxygen atoms in total. The average Bonchev–Trinajstić information content (AvgIpc) is 3.43. The van der Waals surface area contributed by atoms with Gasteiger partial charge in [0.05, 0.1) is 7.11 Å². The predicted molar refractivity (Wildman–Crippen MR) is 119 cm³/mol. The molecule has 0 aliphatic carbocycles. The Kier molecular flexibility index (Phi) is 6.10. The van der Waals surface area contributed by atoms with Gasteiger partial charge >= 0.3 is 0 Å². The van der Waals surface area contributed by atoms with Crippen molar-refractivity contribution >= 4 is 44.2 Å². The average molecular weight is 487 g/mol. The summed E-state index contributed by atoms with van der Waals surface area (Å²) >= 11 is 4.74. The highest BCUT2D eigenvalue weighted by atomic mass is 79.9. The third-order valence-corrected chi connectivity index (χ3v) is 6.24. The van der Waals surface area contributed by atoms with Crippen LogP contribution in [-0.2, 0) is 4.79 Å². The van der Waals surface area contributed by atoms with Crippen LogP contribution in [0.25, 0.3) is 10.6 Å². The molecule has 2 heterocycles. The van der Waals surface area contributed by atoms with Crippen molar-refractivity contribution in [3.8, 4) is 16.3 Å². The molecule has 2 amide bonds. The Labute approximate surface area is 186 Å². The van der Waals surface area contributed by atoms with Crippen LogP contribution >= 0.6 is 27.3 Å². The number of amides is 2. The molecule has 0 radical (unpaired) electrons. The molecule has 1 aliphatic rings. The molecule has 1 atom stereocenters. The molecular weight excluding hydrogens is 468 g/mol. The number of carbonyl (C=O) groups is 2. The highest BCUT2D eigenvalue weighted by molar-refractivity contribution is 9.10. The molecule has 4 rings (SSSR count). The Morgan fingerprint density at radius 3 is 2.83 bits per heavy atom. The number of likely N-dealkylation sites (tertiary alicyclic amines) is 1. The Morgan fingerprint density at radius 2 is 2.03 bits per heavy atom.